The van der Waals surface area contributed by atoms with Crippen LogP contribution in [0.4, 0.5) is 10.9 Å². The lowest BCUT2D eigenvalue weighted by molar-refractivity contribution is 1.18. The summed E-state index contributed by atoms with van der Waals surface area (Å²) < 4.78 is 2.19. The van der Waals surface area contributed by atoms with Crippen LogP contribution in [0, 0.1) is 6.92 Å². The Morgan fingerprint density at radius 1 is 1.11 bits per heavy atom. The number of benzene rings is 1. The van der Waals surface area contributed by atoms with Crippen LogP contribution in [0.25, 0.3) is 10.2 Å². The van der Waals surface area contributed by atoms with Gasteiger partial charge in [0.1, 0.15) is 5.82 Å². The predicted molar refractivity (Wildman–Crippen MR) is 79.6 cm³/mol. The number of anilines is 2. The first-order chi connectivity index (χ1) is 8.72. The van der Waals surface area contributed by atoms with Gasteiger partial charge in [0.05, 0.1) is 15.9 Å². The average molecular weight is 320 g/mol. The number of nitrogens with one attached hydrogen (secondary N) is 1. The predicted octanol–water partition coefficient (Wildman–Crippen LogP) is 4.51. The Balaban J connectivity index is 1.93. The molecule has 0 aliphatic carbocycles. The highest BCUT2D eigenvalue weighted by Crippen LogP contribution is 2.28. The minimum Gasteiger partial charge on any atom is -0.316 e. The summed E-state index contributed by atoms with van der Waals surface area (Å²) in [6, 6.07) is 12.0. The molecule has 0 spiro atoms. The summed E-state index contributed by atoms with van der Waals surface area (Å²) in [6.45, 7) is 1.97. The zero-order chi connectivity index (χ0) is 12.5. The number of aryl methyl sites for hydroxylation is 1. The molecular formula is C13H10BrN3S. The molecule has 0 radical (unpaired) electrons. The number of aromatic nitrogens is 2. The van der Waals surface area contributed by atoms with E-state index < -0.39 is 0 Å². The van der Waals surface area contributed by atoms with Crippen LogP contribution in [0.1, 0.15) is 5.69 Å². The van der Waals surface area contributed by atoms with E-state index in [1.54, 1.807) is 11.3 Å². The highest BCUT2D eigenvalue weighted by Gasteiger charge is 2.04. The van der Waals surface area contributed by atoms with Crippen LogP contribution >= 0.6 is 27.3 Å². The number of rotatable bonds is 2. The lowest BCUT2D eigenvalue weighted by Crippen LogP contribution is -1.94. The van der Waals surface area contributed by atoms with Crippen LogP contribution in [0.5, 0.6) is 0 Å². The van der Waals surface area contributed by atoms with E-state index in [2.05, 4.69) is 37.3 Å². The van der Waals surface area contributed by atoms with E-state index >= 15 is 0 Å². The minimum atomic E-state index is 0.815. The summed E-state index contributed by atoms with van der Waals surface area (Å²) >= 11 is 5.07. The van der Waals surface area contributed by atoms with Gasteiger partial charge in [-0.05, 0) is 47.1 Å². The van der Waals surface area contributed by atoms with Crippen molar-refractivity contribution in [2.24, 2.45) is 0 Å². The van der Waals surface area contributed by atoms with Gasteiger partial charge >= 0.3 is 0 Å². The Bertz CT molecular complexity index is 675. The van der Waals surface area contributed by atoms with Gasteiger partial charge in [-0.15, -0.1) is 0 Å². The van der Waals surface area contributed by atoms with Crippen LogP contribution in [-0.2, 0) is 0 Å². The summed E-state index contributed by atoms with van der Waals surface area (Å²) in [7, 11) is 0. The molecule has 0 fully saturated rings. The van der Waals surface area contributed by atoms with Crippen LogP contribution in [0.2, 0.25) is 0 Å². The third-order valence-corrected chi connectivity index (χ3v) is 4.34. The molecule has 0 atom stereocenters. The first-order valence-corrected chi connectivity index (χ1v) is 7.09. The molecule has 0 aliphatic rings. The van der Waals surface area contributed by atoms with E-state index in [9.17, 15) is 0 Å². The van der Waals surface area contributed by atoms with Gasteiger partial charge in [-0.1, -0.05) is 23.5 Å². The van der Waals surface area contributed by atoms with E-state index in [4.69, 9.17) is 0 Å². The Kier molecular flexibility index (Phi) is 3.01. The van der Waals surface area contributed by atoms with Crippen molar-refractivity contribution >= 4 is 48.4 Å². The Labute approximate surface area is 117 Å². The second-order valence-electron chi connectivity index (χ2n) is 3.88. The molecule has 5 heteroatoms. The van der Waals surface area contributed by atoms with Gasteiger partial charge in [-0.3, -0.25) is 0 Å². The molecule has 0 saturated heterocycles. The molecule has 2 heterocycles. The summed E-state index contributed by atoms with van der Waals surface area (Å²) in [5.74, 6) is 0.815. The lowest BCUT2D eigenvalue weighted by Gasteiger charge is -2.03. The molecule has 0 bridgehead atoms. The molecule has 90 valence electrons. The first-order valence-electron chi connectivity index (χ1n) is 5.48. The van der Waals surface area contributed by atoms with Crippen molar-refractivity contribution in [1.82, 2.24) is 9.97 Å². The molecule has 3 nitrogen and oxygen atoms in total. The number of hydrogen-bond donors (Lipinski definition) is 1. The van der Waals surface area contributed by atoms with Crippen molar-refractivity contribution in [2.75, 3.05) is 5.32 Å². The number of hydrogen-bond acceptors (Lipinski definition) is 4. The maximum atomic E-state index is 4.52. The lowest BCUT2D eigenvalue weighted by atomic mass is 10.3. The highest BCUT2D eigenvalue weighted by molar-refractivity contribution is 9.10. The van der Waals surface area contributed by atoms with Crippen molar-refractivity contribution in [3.8, 4) is 0 Å². The van der Waals surface area contributed by atoms with Crippen LogP contribution < -0.4 is 5.32 Å². The average Bonchev–Trinajstić information content (AvgIpc) is 2.76. The largest absolute Gasteiger partial charge is 0.316 e. The number of fused-ring (bicyclic) bond motifs is 1. The van der Waals surface area contributed by atoms with Crippen molar-refractivity contribution < 1.29 is 0 Å². The summed E-state index contributed by atoms with van der Waals surface area (Å²) in [5.41, 5.74) is 1.97. The molecule has 2 aromatic heterocycles. The molecule has 0 amide bonds. The molecule has 0 saturated carbocycles. The van der Waals surface area contributed by atoms with Gasteiger partial charge in [-0.2, -0.15) is 0 Å². The Hall–Kier alpha value is -1.46. The van der Waals surface area contributed by atoms with E-state index in [1.807, 2.05) is 37.3 Å². The van der Waals surface area contributed by atoms with E-state index in [0.717, 1.165) is 26.6 Å². The molecule has 0 unspecified atom stereocenters. The van der Waals surface area contributed by atoms with Gasteiger partial charge in [-0.25, -0.2) is 9.97 Å². The fraction of sp³-hybridized carbons (Fsp3) is 0.0769. The molecule has 0 aliphatic heterocycles. The Morgan fingerprint density at radius 2 is 1.94 bits per heavy atom. The van der Waals surface area contributed by atoms with Crippen molar-refractivity contribution in [2.45, 2.75) is 6.92 Å². The molecular weight excluding hydrogens is 310 g/mol. The van der Waals surface area contributed by atoms with Crippen molar-refractivity contribution in [3.05, 3.63) is 46.6 Å². The van der Waals surface area contributed by atoms with Crippen molar-refractivity contribution in [3.63, 3.8) is 0 Å². The summed E-state index contributed by atoms with van der Waals surface area (Å²) in [5, 5.41) is 4.10. The first kappa shape index (κ1) is 11.6. The molecule has 1 aromatic carbocycles. The molecule has 3 rings (SSSR count). The van der Waals surface area contributed by atoms with Crippen LogP contribution in [0.15, 0.2) is 40.9 Å². The van der Waals surface area contributed by atoms with E-state index in [1.165, 1.54) is 4.70 Å². The second kappa shape index (κ2) is 4.66. The zero-order valence-corrected chi connectivity index (χ0v) is 12.0. The van der Waals surface area contributed by atoms with E-state index in [0.29, 0.717) is 0 Å². The number of para-hydroxylation sites is 1. The third kappa shape index (κ3) is 2.23. The normalized spacial score (nSPS) is 10.8. The van der Waals surface area contributed by atoms with Gasteiger partial charge in [0.15, 0.2) is 5.13 Å². The highest BCUT2D eigenvalue weighted by atomic mass is 79.9. The number of nitrogens with zero attached hydrogens (tertiary/aromatic N) is 2. The maximum Gasteiger partial charge on any atom is 0.189 e. The Morgan fingerprint density at radius 3 is 2.72 bits per heavy atom. The molecule has 18 heavy (non-hydrogen) atoms. The van der Waals surface area contributed by atoms with Crippen LogP contribution in [0.3, 0.4) is 0 Å². The monoisotopic (exact) mass is 319 g/mol. The number of thiazole rings is 1. The smallest absolute Gasteiger partial charge is 0.189 e. The summed E-state index contributed by atoms with van der Waals surface area (Å²) in [4.78, 5) is 8.96. The fourth-order valence-corrected chi connectivity index (χ4v) is 2.74. The second-order valence-corrected chi connectivity index (χ2v) is 5.76. The molecule has 3 aromatic rings. The van der Waals surface area contributed by atoms with Crippen LogP contribution in [-0.4, -0.2) is 9.97 Å². The number of halogens is 1. The topological polar surface area (TPSA) is 37.8 Å². The standard InChI is InChI=1S/C13H10BrN3S/c1-8-9(14)6-7-12(15-8)17-13-16-10-4-2-3-5-11(10)18-13/h2-7H,1H3,(H,15,16,17). The number of pyridine rings is 1. The van der Waals surface area contributed by atoms with E-state index in [-0.39, 0.29) is 0 Å². The minimum absolute atomic E-state index is 0.815. The van der Waals surface area contributed by atoms with Gasteiger partial charge in [0, 0.05) is 4.47 Å². The molecule has 1 N–H and O–H groups in total. The SMILES string of the molecule is Cc1nc(Nc2nc3ccccc3s2)ccc1Br. The van der Waals surface area contributed by atoms with Gasteiger partial charge in [0.2, 0.25) is 0 Å². The summed E-state index contributed by atoms with van der Waals surface area (Å²) in [6.07, 6.45) is 0. The van der Waals surface area contributed by atoms with Crippen molar-refractivity contribution in [1.29, 1.82) is 0 Å². The quantitative estimate of drug-likeness (QED) is 0.755. The zero-order valence-electron chi connectivity index (χ0n) is 9.64. The maximum absolute atomic E-state index is 4.52. The fourth-order valence-electron chi connectivity index (χ4n) is 1.65. The van der Waals surface area contributed by atoms with Gasteiger partial charge < -0.3 is 5.32 Å². The third-order valence-electron chi connectivity index (χ3n) is 2.55. The van der Waals surface area contributed by atoms with Gasteiger partial charge in [0.25, 0.3) is 0 Å².